The monoisotopic (exact) mass is 303 g/mol. The van der Waals surface area contributed by atoms with Crippen molar-refractivity contribution in [1.82, 2.24) is 0 Å². The molecule has 0 bridgehead atoms. The molecule has 0 saturated carbocycles. The number of hydrogen-bond donors (Lipinski definition) is 1. The molecule has 0 aliphatic rings. The van der Waals surface area contributed by atoms with E-state index < -0.39 is 30.4 Å². The minimum absolute atomic E-state index is 0.584. The van der Waals surface area contributed by atoms with E-state index in [0.717, 1.165) is 12.1 Å². The molecule has 10 heteroatoms. The first-order chi connectivity index (χ1) is 7.96. The van der Waals surface area contributed by atoms with Gasteiger partial charge in [0.25, 0.3) is 20.0 Å². The molecule has 1 unspecified atom stereocenters. The van der Waals surface area contributed by atoms with Gasteiger partial charge in [-0.3, -0.25) is 4.55 Å². The second-order valence-corrected chi connectivity index (χ2v) is 6.78. The molecular formula is C8H8F3NO4S2. The molecule has 18 heavy (non-hydrogen) atoms. The van der Waals surface area contributed by atoms with Gasteiger partial charge in [0.1, 0.15) is 0 Å². The number of alkyl halides is 3. The van der Waals surface area contributed by atoms with Crippen molar-refractivity contribution in [1.29, 1.82) is 0 Å². The predicted octanol–water partition coefficient (Wildman–Crippen LogP) is 2.14. The Morgan fingerprint density at radius 1 is 1.11 bits per heavy atom. The van der Waals surface area contributed by atoms with Crippen molar-refractivity contribution in [2.45, 2.75) is 17.3 Å². The number of sulfonamides is 1. The number of hydrogen-bond acceptors (Lipinski definition) is 3. The molecule has 0 amide bonds. The zero-order valence-electron chi connectivity index (χ0n) is 8.88. The lowest BCUT2D eigenvalue weighted by atomic mass is 10.2. The van der Waals surface area contributed by atoms with Gasteiger partial charge < -0.3 is 0 Å². The van der Waals surface area contributed by atoms with Crippen LogP contribution in [0.1, 0.15) is 5.56 Å². The van der Waals surface area contributed by atoms with E-state index in [4.69, 9.17) is 4.55 Å². The summed E-state index contributed by atoms with van der Waals surface area (Å²) in [7, 11) is -10.7. The summed E-state index contributed by atoms with van der Waals surface area (Å²) in [4.78, 5) is -0.584. The second-order valence-electron chi connectivity index (χ2n) is 3.31. The van der Waals surface area contributed by atoms with Crippen LogP contribution in [0.5, 0.6) is 0 Å². The van der Waals surface area contributed by atoms with E-state index >= 15 is 0 Å². The maximum absolute atomic E-state index is 12.1. The third-order valence-electron chi connectivity index (χ3n) is 1.82. The number of rotatable bonds is 2. The fraction of sp³-hybridized carbons (Fsp3) is 0.250. The molecule has 0 fully saturated rings. The molecule has 102 valence electrons. The van der Waals surface area contributed by atoms with Gasteiger partial charge in [-0.25, -0.2) is 4.21 Å². The highest BCUT2D eigenvalue weighted by Gasteiger charge is 2.44. The molecule has 5 nitrogen and oxygen atoms in total. The van der Waals surface area contributed by atoms with Crippen LogP contribution in [-0.4, -0.2) is 22.7 Å². The van der Waals surface area contributed by atoms with Crippen molar-refractivity contribution in [3.8, 4) is 0 Å². The lowest BCUT2D eigenvalue weighted by Crippen LogP contribution is -2.23. The first-order valence-corrected chi connectivity index (χ1v) is 7.26. The highest BCUT2D eigenvalue weighted by Crippen LogP contribution is 2.26. The first kappa shape index (κ1) is 14.9. The largest absolute Gasteiger partial charge is 0.504 e. The molecular weight excluding hydrogens is 295 g/mol. The first-order valence-electron chi connectivity index (χ1n) is 4.34. The summed E-state index contributed by atoms with van der Waals surface area (Å²) in [6, 6.07) is 4.66. The zero-order valence-corrected chi connectivity index (χ0v) is 10.5. The Kier molecular flexibility index (Phi) is 3.75. The van der Waals surface area contributed by atoms with Crippen molar-refractivity contribution >= 4 is 20.0 Å². The summed E-state index contributed by atoms with van der Waals surface area (Å²) >= 11 is 0. The quantitative estimate of drug-likeness (QED) is 0.907. The maximum Gasteiger partial charge on any atom is 0.504 e. The van der Waals surface area contributed by atoms with E-state index in [1.807, 2.05) is 3.77 Å². The Morgan fingerprint density at radius 3 is 1.94 bits per heavy atom. The van der Waals surface area contributed by atoms with Gasteiger partial charge in [0.2, 0.25) is 0 Å². The minimum atomic E-state index is -5.83. The SMILES string of the molecule is Cc1ccc(S(=O)(=O)N=S(=O)(O)C(F)(F)F)cc1. The van der Waals surface area contributed by atoms with Gasteiger partial charge in [0, 0.05) is 0 Å². The van der Waals surface area contributed by atoms with Crippen LogP contribution in [0.15, 0.2) is 32.9 Å². The molecule has 0 radical (unpaired) electrons. The van der Waals surface area contributed by atoms with Crippen molar-refractivity contribution in [3.63, 3.8) is 0 Å². The number of halogens is 3. The van der Waals surface area contributed by atoms with Crippen LogP contribution in [0.4, 0.5) is 13.2 Å². The molecule has 0 heterocycles. The molecule has 1 aromatic rings. The molecule has 0 aromatic heterocycles. The van der Waals surface area contributed by atoms with Crippen molar-refractivity contribution in [3.05, 3.63) is 29.8 Å². The van der Waals surface area contributed by atoms with Gasteiger partial charge in [0.15, 0.2) is 0 Å². The molecule has 1 rings (SSSR count). The Hall–Kier alpha value is -1.13. The van der Waals surface area contributed by atoms with Crippen LogP contribution in [0.25, 0.3) is 0 Å². The van der Waals surface area contributed by atoms with E-state index in [0.29, 0.717) is 5.56 Å². The smallest absolute Gasteiger partial charge is 0.293 e. The third kappa shape index (κ3) is 3.21. The summed E-state index contributed by atoms with van der Waals surface area (Å²) in [5, 5.41) is 0. The van der Waals surface area contributed by atoms with Crippen LogP contribution in [0, 0.1) is 6.92 Å². The zero-order chi connectivity index (χ0) is 14.2. The van der Waals surface area contributed by atoms with Crippen LogP contribution < -0.4 is 0 Å². The van der Waals surface area contributed by atoms with E-state index in [2.05, 4.69) is 0 Å². The summed E-state index contributed by atoms with van der Waals surface area (Å²) in [6.07, 6.45) is 0. The topological polar surface area (TPSA) is 83.8 Å². The summed E-state index contributed by atoms with van der Waals surface area (Å²) in [5.41, 5.74) is -4.96. The highest BCUT2D eigenvalue weighted by molar-refractivity contribution is 8.01. The van der Waals surface area contributed by atoms with Gasteiger partial charge in [0.05, 0.1) is 4.90 Å². The van der Waals surface area contributed by atoms with Gasteiger partial charge in [-0.15, -0.1) is 0 Å². The standard InChI is InChI=1S/C8H8F3NO4S2/c1-6-2-4-7(5-3-6)17(13,14)12-18(15,16)8(9,10)11/h2-5H,1H3,(H,12,15,16). The third-order valence-corrected chi connectivity index (χ3v) is 4.88. The van der Waals surface area contributed by atoms with Gasteiger partial charge >= 0.3 is 5.51 Å². The van der Waals surface area contributed by atoms with Crippen LogP contribution >= 0.6 is 0 Å². The Morgan fingerprint density at radius 2 is 1.56 bits per heavy atom. The summed E-state index contributed by atoms with van der Waals surface area (Å²) in [5.74, 6) is 0. The number of nitrogens with zero attached hydrogens (tertiary/aromatic N) is 1. The van der Waals surface area contributed by atoms with E-state index in [1.165, 1.54) is 12.1 Å². The van der Waals surface area contributed by atoms with Crippen molar-refractivity contribution in [2.24, 2.45) is 3.77 Å². The van der Waals surface area contributed by atoms with Crippen LogP contribution in [0.2, 0.25) is 0 Å². The van der Waals surface area contributed by atoms with Crippen LogP contribution in [0.3, 0.4) is 0 Å². The molecule has 0 aliphatic carbocycles. The highest BCUT2D eigenvalue weighted by atomic mass is 32.3. The summed E-state index contributed by atoms with van der Waals surface area (Å²) in [6.45, 7) is 1.64. The number of benzene rings is 1. The van der Waals surface area contributed by atoms with Gasteiger partial charge in [-0.05, 0) is 19.1 Å². The van der Waals surface area contributed by atoms with Gasteiger partial charge in [-0.2, -0.15) is 21.6 Å². The molecule has 1 atom stereocenters. The fourth-order valence-electron chi connectivity index (χ4n) is 0.929. The maximum atomic E-state index is 12.1. The van der Waals surface area contributed by atoms with E-state index in [1.54, 1.807) is 6.92 Å². The minimum Gasteiger partial charge on any atom is -0.293 e. The Labute approximate surface area is 102 Å². The fourth-order valence-corrected chi connectivity index (χ4v) is 3.15. The van der Waals surface area contributed by atoms with Crippen molar-refractivity contribution < 1.29 is 30.4 Å². The lowest BCUT2D eigenvalue weighted by molar-refractivity contribution is -0.0467. The van der Waals surface area contributed by atoms with E-state index in [-0.39, 0.29) is 0 Å². The van der Waals surface area contributed by atoms with Crippen molar-refractivity contribution in [2.75, 3.05) is 0 Å². The second kappa shape index (κ2) is 4.52. The molecule has 1 aromatic carbocycles. The summed E-state index contributed by atoms with van der Waals surface area (Å²) < 4.78 is 80.3. The average molecular weight is 303 g/mol. The molecule has 0 spiro atoms. The molecule has 0 aliphatic heterocycles. The normalized spacial score (nSPS) is 16.1. The Balaban J connectivity index is 3.38. The molecule has 0 saturated heterocycles. The predicted molar refractivity (Wildman–Crippen MR) is 57.6 cm³/mol. The van der Waals surface area contributed by atoms with Gasteiger partial charge in [-0.1, -0.05) is 21.5 Å². The number of aryl methyl sites for hydroxylation is 1. The average Bonchev–Trinajstić information content (AvgIpc) is 2.14. The van der Waals surface area contributed by atoms with E-state index in [9.17, 15) is 25.8 Å². The Bertz CT molecular complexity index is 655. The molecule has 1 N–H and O–H groups in total. The van der Waals surface area contributed by atoms with Crippen LogP contribution in [-0.2, 0) is 20.0 Å². The lowest BCUT2D eigenvalue weighted by Gasteiger charge is -2.06.